The second-order valence-electron chi connectivity index (χ2n) is 4.37. The first-order valence-corrected chi connectivity index (χ1v) is 5.66. The number of benzene rings is 1. The smallest absolute Gasteiger partial charge is 0.168 e. The summed E-state index contributed by atoms with van der Waals surface area (Å²) < 4.78 is 5.30. The Morgan fingerprint density at radius 3 is 2.31 bits per heavy atom. The molecule has 0 spiro atoms. The van der Waals surface area contributed by atoms with Gasteiger partial charge in [0.05, 0.1) is 0 Å². The van der Waals surface area contributed by atoms with Crippen LogP contribution in [0.15, 0.2) is 24.3 Å². The molecule has 0 saturated heterocycles. The molecule has 0 saturated carbocycles. The lowest BCUT2D eigenvalue weighted by Gasteiger charge is -2.24. The Hall–Kier alpha value is -1.15. The van der Waals surface area contributed by atoms with Crippen molar-refractivity contribution in [2.75, 3.05) is 7.11 Å². The zero-order valence-corrected chi connectivity index (χ0v) is 10.5. The van der Waals surface area contributed by atoms with E-state index in [0.717, 1.165) is 5.56 Å². The topological polar surface area (TPSA) is 26.3 Å². The van der Waals surface area contributed by atoms with Crippen LogP contribution in [-0.4, -0.2) is 18.5 Å². The molecule has 16 heavy (non-hydrogen) atoms. The van der Waals surface area contributed by atoms with Crippen molar-refractivity contribution in [2.45, 2.75) is 39.2 Å². The van der Waals surface area contributed by atoms with Crippen molar-refractivity contribution in [2.24, 2.45) is 0 Å². The average Bonchev–Trinajstić information content (AvgIpc) is 2.31. The van der Waals surface area contributed by atoms with Crippen LogP contribution in [0.5, 0.6) is 0 Å². The van der Waals surface area contributed by atoms with Crippen LogP contribution in [0.25, 0.3) is 0 Å². The lowest BCUT2D eigenvalue weighted by molar-refractivity contribution is -0.138. The van der Waals surface area contributed by atoms with Crippen molar-refractivity contribution in [1.29, 1.82) is 0 Å². The van der Waals surface area contributed by atoms with Crippen LogP contribution in [0, 0.1) is 6.92 Å². The molecule has 0 aliphatic heterocycles. The molecular formula is C14H20O2. The van der Waals surface area contributed by atoms with E-state index in [1.54, 1.807) is 7.11 Å². The Kier molecular flexibility index (Phi) is 4.25. The normalized spacial score (nSPS) is 14.5. The summed E-state index contributed by atoms with van der Waals surface area (Å²) in [5.41, 5.74) is 1.61. The second-order valence-corrected chi connectivity index (χ2v) is 4.37. The van der Waals surface area contributed by atoms with E-state index in [-0.39, 0.29) is 5.78 Å². The SMILES string of the molecule is CCC(C)(OC)C(=O)Cc1ccc(C)cc1. The molecule has 1 rings (SSSR count). The predicted octanol–water partition coefficient (Wildman–Crippen LogP) is 2.92. The van der Waals surface area contributed by atoms with Gasteiger partial charge >= 0.3 is 0 Å². The third-order valence-corrected chi connectivity index (χ3v) is 3.20. The average molecular weight is 220 g/mol. The molecule has 0 amide bonds. The molecular weight excluding hydrogens is 200 g/mol. The Morgan fingerprint density at radius 2 is 1.88 bits per heavy atom. The van der Waals surface area contributed by atoms with Gasteiger partial charge in [0, 0.05) is 13.5 Å². The molecule has 1 atom stereocenters. The van der Waals surface area contributed by atoms with Crippen LogP contribution < -0.4 is 0 Å². The molecule has 2 heteroatoms. The van der Waals surface area contributed by atoms with E-state index in [0.29, 0.717) is 12.8 Å². The minimum absolute atomic E-state index is 0.140. The fourth-order valence-corrected chi connectivity index (χ4v) is 1.53. The Bertz CT molecular complexity index is 348. The molecule has 0 bridgehead atoms. The molecule has 0 aliphatic rings. The molecule has 1 aromatic carbocycles. The van der Waals surface area contributed by atoms with E-state index in [4.69, 9.17) is 4.74 Å². The number of carbonyl (C=O) groups excluding carboxylic acids is 1. The standard InChI is InChI=1S/C14H20O2/c1-5-14(3,16-4)13(15)10-12-8-6-11(2)7-9-12/h6-9H,5,10H2,1-4H3. The van der Waals surface area contributed by atoms with Crippen LogP contribution in [-0.2, 0) is 16.0 Å². The number of aryl methyl sites for hydroxylation is 1. The number of hydrogen-bond donors (Lipinski definition) is 0. The van der Waals surface area contributed by atoms with Crippen LogP contribution >= 0.6 is 0 Å². The van der Waals surface area contributed by atoms with Crippen molar-refractivity contribution in [3.8, 4) is 0 Å². The third kappa shape index (κ3) is 2.92. The minimum atomic E-state index is -0.648. The number of Topliss-reactive ketones (excluding diaryl/α,β-unsaturated/α-hetero) is 1. The fourth-order valence-electron chi connectivity index (χ4n) is 1.53. The number of ether oxygens (including phenoxy) is 1. The van der Waals surface area contributed by atoms with E-state index >= 15 is 0 Å². The Labute approximate surface area is 97.6 Å². The quantitative estimate of drug-likeness (QED) is 0.762. The number of ketones is 1. The van der Waals surface area contributed by atoms with Gasteiger partial charge in [0.1, 0.15) is 5.60 Å². The molecule has 0 aromatic heterocycles. The van der Waals surface area contributed by atoms with E-state index in [2.05, 4.69) is 0 Å². The lowest BCUT2D eigenvalue weighted by atomic mass is 9.92. The Balaban J connectivity index is 2.74. The van der Waals surface area contributed by atoms with Gasteiger partial charge in [-0.3, -0.25) is 4.79 Å². The van der Waals surface area contributed by atoms with Crippen LogP contribution in [0.4, 0.5) is 0 Å². The lowest BCUT2D eigenvalue weighted by Crippen LogP contribution is -2.37. The largest absolute Gasteiger partial charge is 0.371 e. The van der Waals surface area contributed by atoms with E-state index in [9.17, 15) is 4.79 Å². The van der Waals surface area contributed by atoms with Gasteiger partial charge in [0.15, 0.2) is 5.78 Å². The second kappa shape index (κ2) is 5.26. The van der Waals surface area contributed by atoms with E-state index < -0.39 is 5.60 Å². The van der Waals surface area contributed by atoms with E-state index in [1.165, 1.54) is 5.56 Å². The molecule has 0 N–H and O–H groups in total. The van der Waals surface area contributed by atoms with Crippen molar-refractivity contribution >= 4 is 5.78 Å². The molecule has 2 nitrogen and oxygen atoms in total. The molecule has 0 fully saturated rings. The summed E-state index contributed by atoms with van der Waals surface area (Å²) >= 11 is 0. The predicted molar refractivity (Wildman–Crippen MR) is 65.6 cm³/mol. The van der Waals surface area contributed by atoms with Gasteiger partial charge in [-0.05, 0) is 25.8 Å². The zero-order valence-electron chi connectivity index (χ0n) is 10.5. The molecule has 88 valence electrons. The van der Waals surface area contributed by atoms with Gasteiger partial charge in [-0.1, -0.05) is 36.8 Å². The maximum atomic E-state index is 12.1. The van der Waals surface area contributed by atoms with Gasteiger partial charge < -0.3 is 4.74 Å². The maximum Gasteiger partial charge on any atom is 0.168 e. The van der Waals surface area contributed by atoms with Crippen molar-refractivity contribution < 1.29 is 9.53 Å². The number of carbonyl (C=O) groups is 1. The fraction of sp³-hybridized carbons (Fsp3) is 0.500. The number of hydrogen-bond acceptors (Lipinski definition) is 2. The van der Waals surface area contributed by atoms with Gasteiger partial charge in [0.25, 0.3) is 0 Å². The van der Waals surface area contributed by atoms with Crippen molar-refractivity contribution in [3.05, 3.63) is 35.4 Å². The first-order chi connectivity index (χ1) is 7.51. The summed E-state index contributed by atoms with van der Waals surface area (Å²) in [5, 5.41) is 0. The van der Waals surface area contributed by atoms with Crippen LogP contribution in [0.1, 0.15) is 31.4 Å². The summed E-state index contributed by atoms with van der Waals surface area (Å²) in [6.07, 6.45) is 1.15. The molecule has 1 unspecified atom stereocenters. The van der Waals surface area contributed by atoms with Crippen LogP contribution in [0.2, 0.25) is 0 Å². The highest BCUT2D eigenvalue weighted by atomic mass is 16.5. The van der Waals surface area contributed by atoms with E-state index in [1.807, 2.05) is 45.0 Å². The monoisotopic (exact) mass is 220 g/mol. The van der Waals surface area contributed by atoms with Gasteiger partial charge in [-0.25, -0.2) is 0 Å². The summed E-state index contributed by atoms with van der Waals surface area (Å²) in [7, 11) is 1.59. The van der Waals surface area contributed by atoms with Crippen molar-refractivity contribution in [3.63, 3.8) is 0 Å². The summed E-state index contributed by atoms with van der Waals surface area (Å²) in [6.45, 7) is 5.86. The number of methoxy groups -OCH3 is 1. The Morgan fingerprint density at radius 1 is 1.31 bits per heavy atom. The first-order valence-electron chi connectivity index (χ1n) is 5.66. The summed E-state index contributed by atoms with van der Waals surface area (Å²) in [6, 6.07) is 8.05. The van der Waals surface area contributed by atoms with Gasteiger partial charge in [0.2, 0.25) is 0 Å². The van der Waals surface area contributed by atoms with Crippen molar-refractivity contribution in [1.82, 2.24) is 0 Å². The van der Waals surface area contributed by atoms with Gasteiger partial charge in [-0.2, -0.15) is 0 Å². The molecule has 1 aromatic rings. The zero-order chi connectivity index (χ0) is 12.2. The molecule has 0 heterocycles. The molecule has 0 aliphatic carbocycles. The summed E-state index contributed by atoms with van der Waals surface area (Å²) in [4.78, 5) is 12.1. The maximum absolute atomic E-state index is 12.1. The van der Waals surface area contributed by atoms with Crippen LogP contribution in [0.3, 0.4) is 0 Å². The third-order valence-electron chi connectivity index (χ3n) is 3.20. The minimum Gasteiger partial charge on any atom is -0.371 e. The molecule has 0 radical (unpaired) electrons. The highest BCUT2D eigenvalue weighted by molar-refractivity contribution is 5.88. The first kappa shape index (κ1) is 12.9. The highest BCUT2D eigenvalue weighted by Crippen LogP contribution is 2.18. The van der Waals surface area contributed by atoms with Gasteiger partial charge in [-0.15, -0.1) is 0 Å². The highest BCUT2D eigenvalue weighted by Gasteiger charge is 2.30. The summed E-state index contributed by atoms with van der Waals surface area (Å²) in [5.74, 6) is 0.140. The number of rotatable bonds is 5.